The first-order chi connectivity index (χ1) is 12.8. The molecule has 27 heavy (non-hydrogen) atoms. The molecule has 140 valence electrons. The van der Waals surface area contributed by atoms with Crippen molar-refractivity contribution in [3.63, 3.8) is 0 Å². The van der Waals surface area contributed by atoms with Crippen LogP contribution in [0.15, 0.2) is 47.5 Å². The smallest absolute Gasteiger partial charge is 0.255 e. The van der Waals surface area contributed by atoms with Crippen LogP contribution in [0.3, 0.4) is 0 Å². The molecule has 0 unspecified atom stereocenters. The van der Waals surface area contributed by atoms with Crippen molar-refractivity contribution >= 4 is 29.0 Å². The predicted octanol–water partition coefficient (Wildman–Crippen LogP) is 4.17. The van der Waals surface area contributed by atoms with Crippen molar-refractivity contribution < 1.29 is 13.6 Å². The Balaban J connectivity index is 1.58. The molecule has 0 radical (unpaired) electrons. The SMILES string of the molecule is NC1=N[C@]2(CC[C@@]1(F)CF)Cc1ccc(NC(=O)c3ccc(Cl)cc3)cc12. The first-order valence-electron chi connectivity index (χ1n) is 8.66. The van der Waals surface area contributed by atoms with Gasteiger partial charge in [-0.2, -0.15) is 0 Å². The number of anilines is 1. The zero-order valence-electron chi connectivity index (χ0n) is 14.4. The maximum Gasteiger partial charge on any atom is 0.255 e. The quantitative estimate of drug-likeness (QED) is 0.827. The van der Waals surface area contributed by atoms with Crippen LogP contribution >= 0.6 is 11.6 Å². The molecule has 1 aliphatic carbocycles. The summed E-state index contributed by atoms with van der Waals surface area (Å²) in [6.45, 7) is -1.16. The third kappa shape index (κ3) is 2.98. The Morgan fingerprint density at radius 3 is 2.63 bits per heavy atom. The van der Waals surface area contributed by atoms with Crippen LogP contribution < -0.4 is 11.1 Å². The van der Waals surface area contributed by atoms with Gasteiger partial charge in [-0.15, -0.1) is 0 Å². The van der Waals surface area contributed by atoms with Crippen LogP contribution in [0.5, 0.6) is 0 Å². The Morgan fingerprint density at radius 2 is 1.96 bits per heavy atom. The van der Waals surface area contributed by atoms with Gasteiger partial charge in [0.25, 0.3) is 5.91 Å². The van der Waals surface area contributed by atoms with Gasteiger partial charge in [0.2, 0.25) is 0 Å². The Bertz CT molecular complexity index is 947. The van der Waals surface area contributed by atoms with E-state index in [9.17, 15) is 13.6 Å². The molecule has 0 fully saturated rings. The molecule has 7 heteroatoms. The molecule has 1 spiro atoms. The molecule has 2 aliphatic rings. The van der Waals surface area contributed by atoms with E-state index in [1.54, 1.807) is 24.3 Å². The van der Waals surface area contributed by atoms with E-state index in [4.69, 9.17) is 17.3 Å². The zero-order chi connectivity index (χ0) is 19.2. The number of carbonyl (C=O) groups excluding carboxylic acids is 1. The molecular formula is C20H18ClF2N3O. The summed E-state index contributed by atoms with van der Waals surface area (Å²) in [6.07, 6.45) is 1.02. The van der Waals surface area contributed by atoms with E-state index in [2.05, 4.69) is 10.3 Å². The van der Waals surface area contributed by atoms with Gasteiger partial charge in [0, 0.05) is 22.7 Å². The largest absolute Gasteiger partial charge is 0.385 e. The number of nitrogens with zero attached hydrogens (tertiary/aromatic N) is 1. The molecule has 0 aromatic heterocycles. The summed E-state index contributed by atoms with van der Waals surface area (Å²) in [5, 5.41) is 3.40. The molecular weight excluding hydrogens is 372 g/mol. The van der Waals surface area contributed by atoms with Crippen LogP contribution in [0.4, 0.5) is 14.5 Å². The number of hydrogen-bond acceptors (Lipinski definition) is 3. The second-order valence-corrected chi connectivity index (χ2v) is 7.57. The van der Waals surface area contributed by atoms with Gasteiger partial charge in [0.05, 0.1) is 5.54 Å². The lowest BCUT2D eigenvalue weighted by atomic mass is 9.66. The van der Waals surface area contributed by atoms with Crippen LogP contribution in [0.25, 0.3) is 0 Å². The number of halogens is 3. The van der Waals surface area contributed by atoms with Crippen molar-refractivity contribution in [2.45, 2.75) is 30.5 Å². The van der Waals surface area contributed by atoms with E-state index >= 15 is 0 Å². The number of amides is 1. The van der Waals surface area contributed by atoms with Gasteiger partial charge in [0.1, 0.15) is 12.5 Å². The van der Waals surface area contributed by atoms with Crippen molar-refractivity contribution in [1.29, 1.82) is 0 Å². The van der Waals surface area contributed by atoms with Crippen molar-refractivity contribution in [1.82, 2.24) is 0 Å². The summed E-state index contributed by atoms with van der Waals surface area (Å²) >= 11 is 5.84. The molecule has 0 bridgehead atoms. The molecule has 0 saturated heterocycles. The highest BCUT2D eigenvalue weighted by Gasteiger charge is 2.50. The highest BCUT2D eigenvalue weighted by Crippen LogP contribution is 2.50. The fourth-order valence-electron chi connectivity index (χ4n) is 3.73. The minimum atomic E-state index is -2.17. The van der Waals surface area contributed by atoms with Crippen molar-refractivity contribution in [2.24, 2.45) is 10.7 Å². The average molecular weight is 390 g/mol. The summed E-state index contributed by atoms with van der Waals surface area (Å²) in [5.41, 5.74) is 6.02. The first-order valence-corrected chi connectivity index (χ1v) is 9.04. The van der Waals surface area contributed by atoms with E-state index in [0.717, 1.165) is 11.1 Å². The third-order valence-corrected chi connectivity index (χ3v) is 5.65. The van der Waals surface area contributed by atoms with Crippen LogP contribution in [0.2, 0.25) is 5.02 Å². The predicted molar refractivity (Wildman–Crippen MR) is 102 cm³/mol. The average Bonchev–Trinajstić information content (AvgIpc) is 2.65. The van der Waals surface area contributed by atoms with Gasteiger partial charge in [-0.1, -0.05) is 17.7 Å². The van der Waals surface area contributed by atoms with Crippen LogP contribution in [0, 0.1) is 0 Å². The Labute approximate surface area is 160 Å². The maximum atomic E-state index is 14.3. The summed E-state index contributed by atoms with van der Waals surface area (Å²) in [4.78, 5) is 16.7. The number of nitrogens with two attached hydrogens (primary N) is 1. The number of nitrogens with one attached hydrogen (secondary N) is 1. The second kappa shape index (κ2) is 6.30. The minimum Gasteiger partial charge on any atom is -0.385 e. The highest BCUT2D eigenvalue weighted by molar-refractivity contribution is 6.30. The molecule has 0 saturated carbocycles. The highest BCUT2D eigenvalue weighted by atomic mass is 35.5. The summed E-state index contributed by atoms with van der Waals surface area (Å²) < 4.78 is 27.3. The van der Waals surface area contributed by atoms with Crippen LogP contribution in [0.1, 0.15) is 34.3 Å². The first kappa shape index (κ1) is 17.9. The third-order valence-electron chi connectivity index (χ3n) is 5.40. The number of benzene rings is 2. The Kier molecular flexibility index (Phi) is 4.18. The van der Waals surface area contributed by atoms with Gasteiger partial charge >= 0.3 is 0 Å². The standard InChI is InChI=1S/C20H18ClF2N3O/c21-14-4-1-12(2-5-14)17(27)25-15-6-3-13-10-20(16(13)9-15)8-7-19(23,11-22)18(24)26-20/h1-6,9H,7-8,10-11H2,(H2,24,26)(H,25,27)/t19-,20-/m1/s1. The van der Waals surface area contributed by atoms with Crippen LogP contribution in [-0.2, 0) is 12.0 Å². The number of aliphatic imine (C=N–C) groups is 1. The Morgan fingerprint density at radius 1 is 1.22 bits per heavy atom. The van der Waals surface area contributed by atoms with E-state index < -0.39 is 17.9 Å². The van der Waals surface area contributed by atoms with Gasteiger partial charge < -0.3 is 11.1 Å². The summed E-state index contributed by atoms with van der Waals surface area (Å²) in [5.74, 6) is -0.538. The number of amidine groups is 1. The molecule has 4 rings (SSSR count). The van der Waals surface area contributed by atoms with Crippen molar-refractivity contribution in [3.8, 4) is 0 Å². The fourth-order valence-corrected chi connectivity index (χ4v) is 3.85. The minimum absolute atomic E-state index is 0.000362. The van der Waals surface area contributed by atoms with Crippen molar-refractivity contribution in [3.05, 3.63) is 64.2 Å². The second-order valence-electron chi connectivity index (χ2n) is 7.14. The number of hydrogen-bond donors (Lipinski definition) is 2. The van der Waals surface area contributed by atoms with Crippen LogP contribution in [-0.4, -0.2) is 24.1 Å². The van der Waals surface area contributed by atoms with Gasteiger partial charge in [-0.25, -0.2) is 8.78 Å². The number of carbonyl (C=O) groups is 1. The fraction of sp³-hybridized carbons (Fsp3) is 0.300. The lowest BCUT2D eigenvalue weighted by molar-refractivity contribution is 0.102. The van der Waals surface area contributed by atoms with E-state index in [0.29, 0.717) is 29.1 Å². The normalized spacial score (nSPS) is 26.1. The zero-order valence-corrected chi connectivity index (χ0v) is 15.2. The molecule has 2 aromatic carbocycles. The van der Waals surface area contributed by atoms with Gasteiger partial charge in [0.15, 0.2) is 5.67 Å². The van der Waals surface area contributed by atoms with Gasteiger partial charge in [-0.05, 0) is 60.4 Å². The molecule has 2 aromatic rings. The molecule has 1 heterocycles. The molecule has 2 atom stereocenters. The topological polar surface area (TPSA) is 67.5 Å². The monoisotopic (exact) mass is 389 g/mol. The molecule has 4 nitrogen and oxygen atoms in total. The van der Waals surface area contributed by atoms with Crippen molar-refractivity contribution in [2.75, 3.05) is 12.0 Å². The molecule has 3 N–H and O–H groups in total. The van der Waals surface area contributed by atoms with E-state index in [-0.39, 0.29) is 18.2 Å². The lowest BCUT2D eigenvalue weighted by Crippen LogP contribution is -2.52. The number of alkyl halides is 2. The summed E-state index contributed by atoms with van der Waals surface area (Å²) in [7, 11) is 0. The number of rotatable bonds is 3. The number of fused-ring (bicyclic) bond motifs is 2. The maximum absolute atomic E-state index is 14.3. The van der Waals surface area contributed by atoms with E-state index in [1.807, 2.05) is 18.2 Å². The summed E-state index contributed by atoms with van der Waals surface area (Å²) in [6, 6.07) is 12.2. The van der Waals surface area contributed by atoms with Gasteiger partial charge in [-0.3, -0.25) is 9.79 Å². The van der Waals surface area contributed by atoms with E-state index in [1.165, 1.54) is 0 Å². The lowest BCUT2D eigenvalue weighted by Gasteiger charge is -2.46. The molecule has 1 amide bonds. The Hall–Kier alpha value is -2.47. The molecule has 1 aliphatic heterocycles.